The highest BCUT2D eigenvalue weighted by Crippen LogP contribution is 2.11. The smallest absolute Gasteiger partial charge is 0.275 e. The van der Waals surface area contributed by atoms with Crippen LogP contribution in [0.15, 0.2) is 67.0 Å². The Balaban J connectivity index is 1.59. The maximum absolute atomic E-state index is 12.2. The first-order valence-electron chi connectivity index (χ1n) is 7.68. The van der Waals surface area contributed by atoms with Crippen LogP contribution in [0.25, 0.3) is 0 Å². The number of aryl methyl sites for hydroxylation is 1. The predicted molar refractivity (Wildman–Crippen MR) is 94.9 cm³/mol. The summed E-state index contributed by atoms with van der Waals surface area (Å²) in [6, 6.07) is 17.6. The number of nitrogens with one attached hydrogen (secondary N) is 2. The number of rotatable bonds is 5. The molecule has 1 aromatic heterocycles. The van der Waals surface area contributed by atoms with Crippen LogP contribution in [-0.2, 0) is 6.54 Å². The van der Waals surface area contributed by atoms with Crippen molar-refractivity contribution in [1.29, 1.82) is 0 Å². The molecule has 120 valence electrons. The second-order valence-electron chi connectivity index (χ2n) is 5.45. The topological polar surface area (TPSA) is 66.9 Å². The first-order chi connectivity index (χ1) is 11.7. The van der Waals surface area contributed by atoms with E-state index in [1.54, 1.807) is 6.20 Å². The lowest BCUT2D eigenvalue weighted by Gasteiger charge is -2.07. The minimum absolute atomic E-state index is 0.277. The van der Waals surface area contributed by atoms with Gasteiger partial charge in [0.05, 0.1) is 12.4 Å². The summed E-state index contributed by atoms with van der Waals surface area (Å²) in [5.41, 5.74) is 3.31. The Labute approximate surface area is 140 Å². The lowest BCUT2D eigenvalue weighted by molar-refractivity contribution is 0.102. The molecule has 0 aliphatic rings. The molecular formula is C19H18N4O. The number of carbonyl (C=O) groups excluding carboxylic acids is 1. The lowest BCUT2D eigenvalue weighted by Crippen LogP contribution is -2.14. The van der Waals surface area contributed by atoms with E-state index in [1.165, 1.54) is 6.20 Å². The normalized spacial score (nSPS) is 10.2. The highest BCUT2D eigenvalue weighted by atomic mass is 16.1. The minimum Gasteiger partial charge on any atom is -0.365 e. The Hall–Kier alpha value is -3.21. The molecule has 0 bridgehead atoms. The second kappa shape index (κ2) is 7.37. The van der Waals surface area contributed by atoms with E-state index in [2.05, 4.69) is 20.6 Å². The molecule has 1 heterocycles. The molecule has 24 heavy (non-hydrogen) atoms. The third-order valence-electron chi connectivity index (χ3n) is 3.51. The quantitative estimate of drug-likeness (QED) is 0.753. The summed E-state index contributed by atoms with van der Waals surface area (Å²) < 4.78 is 0. The van der Waals surface area contributed by atoms with Gasteiger partial charge in [0.1, 0.15) is 11.5 Å². The van der Waals surface area contributed by atoms with Crippen molar-refractivity contribution in [3.63, 3.8) is 0 Å². The molecule has 1 amide bonds. The van der Waals surface area contributed by atoms with Crippen LogP contribution in [0.5, 0.6) is 0 Å². The van der Waals surface area contributed by atoms with Gasteiger partial charge in [-0.3, -0.25) is 4.79 Å². The molecule has 3 rings (SSSR count). The molecule has 0 aliphatic heterocycles. The number of nitrogens with zero attached hydrogens (tertiary/aromatic N) is 2. The van der Waals surface area contributed by atoms with Crippen molar-refractivity contribution >= 4 is 17.4 Å². The third kappa shape index (κ3) is 4.16. The van der Waals surface area contributed by atoms with Crippen LogP contribution >= 0.6 is 0 Å². The zero-order valence-corrected chi connectivity index (χ0v) is 13.4. The molecule has 0 aliphatic carbocycles. The number of amides is 1. The van der Waals surface area contributed by atoms with Crippen LogP contribution in [0.2, 0.25) is 0 Å². The summed E-state index contributed by atoms with van der Waals surface area (Å²) in [5.74, 6) is 0.353. The van der Waals surface area contributed by atoms with E-state index in [1.807, 2.05) is 61.5 Å². The van der Waals surface area contributed by atoms with Crippen molar-refractivity contribution in [3.05, 3.63) is 83.8 Å². The standard InChI is InChI=1S/C19H18N4O/c1-14-7-9-16(10-8-14)23-19(24)17-12-22-18(13-20-17)21-11-15-5-3-2-4-6-15/h2-10,12-13H,11H2,1H3,(H,21,22)(H,23,24). The molecule has 0 spiro atoms. The molecule has 5 heteroatoms. The van der Waals surface area contributed by atoms with Gasteiger partial charge in [0.25, 0.3) is 5.91 Å². The fourth-order valence-corrected chi connectivity index (χ4v) is 2.16. The summed E-state index contributed by atoms with van der Waals surface area (Å²) in [6.07, 6.45) is 3.03. The molecule has 0 saturated carbocycles. The van der Waals surface area contributed by atoms with Crippen molar-refractivity contribution < 1.29 is 4.79 Å². The van der Waals surface area contributed by atoms with Gasteiger partial charge in [0.15, 0.2) is 0 Å². The Morgan fingerprint density at radius 2 is 1.71 bits per heavy atom. The average molecular weight is 318 g/mol. The van der Waals surface area contributed by atoms with Crippen LogP contribution in [0.1, 0.15) is 21.6 Å². The minimum atomic E-state index is -0.277. The molecule has 2 aromatic carbocycles. The molecule has 0 unspecified atom stereocenters. The maximum Gasteiger partial charge on any atom is 0.275 e. The molecule has 0 atom stereocenters. The summed E-state index contributed by atoms with van der Waals surface area (Å²) >= 11 is 0. The summed E-state index contributed by atoms with van der Waals surface area (Å²) in [4.78, 5) is 20.6. The molecular weight excluding hydrogens is 300 g/mol. The average Bonchev–Trinajstić information content (AvgIpc) is 2.63. The number of benzene rings is 2. The first kappa shape index (κ1) is 15.7. The first-order valence-corrected chi connectivity index (χ1v) is 7.68. The van der Waals surface area contributed by atoms with Gasteiger partial charge in [-0.25, -0.2) is 9.97 Å². The van der Waals surface area contributed by atoms with E-state index in [0.717, 1.165) is 16.8 Å². The molecule has 5 nitrogen and oxygen atoms in total. The second-order valence-corrected chi connectivity index (χ2v) is 5.45. The SMILES string of the molecule is Cc1ccc(NC(=O)c2cnc(NCc3ccccc3)cn2)cc1. The van der Waals surface area contributed by atoms with Crippen LogP contribution in [0.4, 0.5) is 11.5 Å². The van der Waals surface area contributed by atoms with Gasteiger partial charge in [-0.2, -0.15) is 0 Å². The number of hydrogen-bond donors (Lipinski definition) is 2. The molecule has 0 saturated heterocycles. The van der Waals surface area contributed by atoms with Crippen molar-refractivity contribution in [2.75, 3.05) is 10.6 Å². The number of carbonyl (C=O) groups is 1. The Morgan fingerprint density at radius 1 is 0.958 bits per heavy atom. The highest BCUT2D eigenvalue weighted by molar-refractivity contribution is 6.02. The Bertz CT molecular complexity index is 799. The van der Waals surface area contributed by atoms with Crippen LogP contribution in [0.3, 0.4) is 0 Å². The van der Waals surface area contributed by atoms with Gasteiger partial charge in [-0.05, 0) is 24.6 Å². The number of hydrogen-bond acceptors (Lipinski definition) is 4. The molecule has 3 aromatic rings. The fraction of sp³-hybridized carbons (Fsp3) is 0.105. The summed E-state index contributed by atoms with van der Waals surface area (Å²) in [6.45, 7) is 2.66. The van der Waals surface area contributed by atoms with E-state index < -0.39 is 0 Å². The Morgan fingerprint density at radius 3 is 2.38 bits per heavy atom. The van der Waals surface area contributed by atoms with Crippen LogP contribution in [-0.4, -0.2) is 15.9 Å². The monoisotopic (exact) mass is 318 g/mol. The molecule has 0 radical (unpaired) electrons. The van der Waals surface area contributed by atoms with Crippen molar-refractivity contribution in [2.45, 2.75) is 13.5 Å². The van der Waals surface area contributed by atoms with Crippen LogP contribution < -0.4 is 10.6 Å². The van der Waals surface area contributed by atoms with Crippen molar-refractivity contribution in [1.82, 2.24) is 9.97 Å². The third-order valence-corrected chi connectivity index (χ3v) is 3.51. The zero-order chi connectivity index (χ0) is 16.8. The van der Waals surface area contributed by atoms with Gasteiger partial charge in [0, 0.05) is 12.2 Å². The van der Waals surface area contributed by atoms with Crippen LogP contribution in [0, 0.1) is 6.92 Å². The molecule has 0 fully saturated rings. The largest absolute Gasteiger partial charge is 0.365 e. The number of anilines is 2. The van der Waals surface area contributed by atoms with Crippen molar-refractivity contribution in [2.24, 2.45) is 0 Å². The maximum atomic E-state index is 12.2. The number of aromatic nitrogens is 2. The van der Waals surface area contributed by atoms with E-state index in [4.69, 9.17) is 0 Å². The predicted octanol–water partition coefficient (Wildman–Crippen LogP) is 3.65. The van der Waals surface area contributed by atoms with Gasteiger partial charge in [-0.1, -0.05) is 48.0 Å². The lowest BCUT2D eigenvalue weighted by atomic mass is 10.2. The molecule has 2 N–H and O–H groups in total. The van der Waals surface area contributed by atoms with Gasteiger partial charge < -0.3 is 10.6 Å². The van der Waals surface area contributed by atoms with E-state index >= 15 is 0 Å². The van der Waals surface area contributed by atoms with Gasteiger partial charge in [-0.15, -0.1) is 0 Å². The fourth-order valence-electron chi connectivity index (χ4n) is 2.16. The summed E-state index contributed by atoms with van der Waals surface area (Å²) in [5, 5.41) is 5.98. The zero-order valence-electron chi connectivity index (χ0n) is 13.4. The Kier molecular flexibility index (Phi) is 4.81. The van der Waals surface area contributed by atoms with Crippen molar-refractivity contribution in [3.8, 4) is 0 Å². The van der Waals surface area contributed by atoms with Gasteiger partial charge in [0.2, 0.25) is 0 Å². The van der Waals surface area contributed by atoms with E-state index in [9.17, 15) is 4.79 Å². The summed E-state index contributed by atoms with van der Waals surface area (Å²) in [7, 11) is 0. The van der Waals surface area contributed by atoms with E-state index in [-0.39, 0.29) is 11.6 Å². The van der Waals surface area contributed by atoms with Gasteiger partial charge >= 0.3 is 0 Å². The van der Waals surface area contributed by atoms with E-state index in [0.29, 0.717) is 12.4 Å². The highest BCUT2D eigenvalue weighted by Gasteiger charge is 2.08.